The van der Waals surface area contributed by atoms with Gasteiger partial charge in [-0.15, -0.1) is 0 Å². The summed E-state index contributed by atoms with van der Waals surface area (Å²) in [6.45, 7) is 2.80. The van der Waals surface area contributed by atoms with Crippen molar-refractivity contribution in [1.82, 2.24) is 5.32 Å². The van der Waals surface area contributed by atoms with Gasteiger partial charge in [-0.1, -0.05) is 17.7 Å². The lowest BCUT2D eigenvalue weighted by atomic mass is 10.1. The Balaban J connectivity index is 1.76. The van der Waals surface area contributed by atoms with E-state index in [2.05, 4.69) is 5.32 Å². The average Bonchev–Trinajstić information content (AvgIpc) is 2.61. The highest BCUT2D eigenvalue weighted by Crippen LogP contribution is 2.32. The molecule has 0 unspecified atom stereocenters. The first kappa shape index (κ1) is 17.0. The summed E-state index contributed by atoms with van der Waals surface area (Å²) in [5.74, 6) is 0.871. The summed E-state index contributed by atoms with van der Waals surface area (Å²) in [7, 11) is 0. The van der Waals surface area contributed by atoms with E-state index in [4.69, 9.17) is 21.1 Å². The molecule has 1 N–H and O–H groups in total. The summed E-state index contributed by atoms with van der Waals surface area (Å²) < 4.78 is 11.0. The molecule has 1 atom stereocenters. The zero-order valence-electron chi connectivity index (χ0n) is 13.3. The first-order valence-corrected chi connectivity index (χ1v) is 7.98. The number of nitrogens with one attached hydrogen (secondary N) is 1. The van der Waals surface area contributed by atoms with Crippen molar-refractivity contribution in [2.75, 3.05) is 13.2 Å². The Labute approximate surface area is 148 Å². The molecule has 25 heavy (non-hydrogen) atoms. The van der Waals surface area contributed by atoms with E-state index in [1.165, 1.54) is 12.1 Å². The van der Waals surface area contributed by atoms with Gasteiger partial charge in [0, 0.05) is 11.6 Å². The second-order valence-corrected chi connectivity index (χ2v) is 5.93. The molecule has 0 fully saturated rings. The normalized spacial score (nSPS) is 13.8. The van der Waals surface area contributed by atoms with Crippen molar-refractivity contribution in [3.63, 3.8) is 0 Å². The fourth-order valence-corrected chi connectivity index (χ4v) is 2.67. The van der Waals surface area contributed by atoms with Crippen molar-refractivity contribution in [2.45, 2.75) is 13.0 Å². The largest absolute Gasteiger partial charge is 0.486 e. The minimum absolute atomic E-state index is 0.0126. The molecule has 130 valence electrons. The number of hydrogen-bond donors (Lipinski definition) is 1. The van der Waals surface area contributed by atoms with Crippen LogP contribution in [0, 0.1) is 10.1 Å². The summed E-state index contributed by atoms with van der Waals surface area (Å²) in [4.78, 5) is 22.7. The molecule has 0 aromatic heterocycles. The number of nitro groups is 1. The molecule has 0 aliphatic carbocycles. The number of nitro benzene ring substituents is 1. The Morgan fingerprint density at radius 2 is 1.92 bits per heavy atom. The monoisotopic (exact) mass is 362 g/mol. The molecule has 0 saturated heterocycles. The van der Waals surface area contributed by atoms with Gasteiger partial charge in [0.25, 0.3) is 11.6 Å². The molecule has 0 saturated carbocycles. The highest BCUT2D eigenvalue weighted by atomic mass is 35.5. The van der Waals surface area contributed by atoms with Gasteiger partial charge in [0.2, 0.25) is 0 Å². The number of carbonyl (C=O) groups is 1. The molecule has 0 radical (unpaired) electrons. The predicted molar refractivity (Wildman–Crippen MR) is 91.4 cm³/mol. The number of hydrogen-bond acceptors (Lipinski definition) is 5. The second-order valence-electron chi connectivity index (χ2n) is 5.52. The fraction of sp³-hybridized carbons (Fsp3) is 0.235. The number of rotatable bonds is 4. The van der Waals surface area contributed by atoms with Gasteiger partial charge < -0.3 is 14.8 Å². The third kappa shape index (κ3) is 3.66. The highest BCUT2D eigenvalue weighted by Gasteiger charge is 2.19. The van der Waals surface area contributed by atoms with E-state index < -0.39 is 10.8 Å². The van der Waals surface area contributed by atoms with Crippen molar-refractivity contribution in [2.24, 2.45) is 0 Å². The van der Waals surface area contributed by atoms with Crippen LogP contribution in [0.2, 0.25) is 5.02 Å². The molecule has 3 rings (SSSR count). The van der Waals surface area contributed by atoms with Crippen LogP contribution in [0.15, 0.2) is 36.4 Å². The van der Waals surface area contributed by atoms with Gasteiger partial charge in [-0.05, 0) is 36.8 Å². The van der Waals surface area contributed by atoms with Crippen LogP contribution in [0.1, 0.15) is 28.9 Å². The second kappa shape index (κ2) is 6.98. The predicted octanol–water partition coefficient (Wildman–Crippen LogP) is 3.51. The van der Waals surface area contributed by atoms with E-state index in [9.17, 15) is 14.9 Å². The van der Waals surface area contributed by atoms with Crippen LogP contribution in [-0.2, 0) is 0 Å². The maximum absolute atomic E-state index is 12.4. The highest BCUT2D eigenvalue weighted by molar-refractivity contribution is 6.32. The Morgan fingerprint density at radius 1 is 1.20 bits per heavy atom. The zero-order valence-corrected chi connectivity index (χ0v) is 14.1. The molecule has 1 heterocycles. The lowest BCUT2D eigenvalue weighted by Crippen LogP contribution is -2.27. The summed E-state index contributed by atoms with van der Waals surface area (Å²) in [5, 5.41) is 13.7. The number of amides is 1. The molecule has 1 aliphatic heterocycles. The number of nitrogens with zero attached hydrogens (tertiary/aromatic N) is 1. The molecule has 1 aliphatic rings. The molecule has 7 nitrogen and oxygen atoms in total. The third-order valence-electron chi connectivity index (χ3n) is 3.82. The summed E-state index contributed by atoms with van der Waals surface area (Å²) in [6, 6.07) is 9.06. The quantitative estimate of drug-likeness (QED) is 0.663. The molecule has 0 spiro atoms. The lowest BCUT2D eigenvalue weighted by Gasteiger charge is -2.21. The molecular formula is C17H15ClN2O5. The van der Waals surface area contributed by atoms with E-state index in [1.807, 2.05) is 19.1 Å². The SMILES string of the molecule is C[C@H](NC(=O)c1ccc(Cl)c([N+](=O)[O-])c1)c1ccc2c(c1)OCCO2. The van der Waals surface area contributed by atoms with Crippen molar-refractivity contribution in [3.8, 4) is 11.5 Å². The van der Waals surface area contributed by atoms with Crippen molar-refractivity contribution < 1.29 is 19.2 Å². The molecule has 2 aromatic carbocycles. The average molecular weight is 363 g/mol. The van der Waals surface area contributed by atoms with Crippen LogP contribution in [-0.4, -0.2) is 24.0 Å². The molecule has 8 heteroatoms. The van der Waals surface area contributed by atoms with Crippen LogP contribution >= 0.6 is 11.6 Å². The topological polar surface area (TPSA) is 90.7 Å². The van der Waals surface area contributed by atoms with Gasteiger partial charge in [0.05, 0.1) is 11.0 Å². The minimum atomic E-state index is -0.622. The number of fused-ring (bicyclic) bond motifs is 1. The van der Waals surface area contributed by atoms with Crippen LogP contribution < -0.4 is 14.8 Å². The van der Waals surface area contributed by atoms with Crippen LogP contribution in [0.25, 0.3) is 0 Å². The maximum atomic E-state index is 12.4. The van der Waals surface area contributed by atoms with Gasteiger partial charge in [0.15, 0.2) is 11.5 Å². The first-order valence-electron chi connectivity index (χ1n) is 7.60. The van der Waals surface area contributed by atoms with Crippen molar-refractivity contribution in [3.05, 3.63) is 62.7 Å². The van der Waals surface area contributed by atoms with Gasteiger partial charge in [-0.3, -0.25) is 14.9 Å². The van der Waals surface area contributed by atoms with E-state index in [0.29, 0.717) is 24.7 Å². The van der Waals surface area contributed by atoms with Crippen LogP contribution in [0.4, 0.5) is 5.69 Å². The number of benzene rings is 2. The molecule has 2 aromatic rings. The van der Waals surface area contributed by atoms with Gasteiger partial charge in [-0.2, -0.15) is 0 Å². The van der Waals surface area contributed by atoms with E-state index in [1.54, 1.807) is 6.07 Å². The minimum Gasteiger partial charge on any atom is -0.486 e. The summed E-state index contributed by atoms with van der Waals surface area (Å²) >= 11 is 5.77. The van der Waals surface area contributed by atoms with Crippen molar-refractivity contribution in [1.29, 1.82) is 0 Å². The van der Waals surface area contributed by atoms with Gasteiger partial charge in [0.1, 0.15) is 18.2 Å². The molecule has 1 amide bonds. The van der Waals surface area contributed by atoms with Crippen molar-refractivity contribution >= 4 is 23.2 Å². The molecule has 0 bridgehead atoms. The Bertz CT molecular complexity index is 840. The number of carbonyl (C=O) groups excluding carboxylic acids is 1. The van der Waals surface area contributed by atoms with Gasteiger partial charge >= 0.3 is 0 Å². The van der Waals surface area contributed by atoms with E-state index in [-0.39, 0.29) is 22.3 Å². The summed E-state index contributed by atoms with van der Waals surface area (Å²) in [6.07, 6.45) is 0. The van der Waals surface area contributed by atoms with Crippen LogP contribution in [0.5, 0.6) is 11.5 Å². The van der Waals surface area contributed by atoms with Gasteiger partial charge in [-0.25, -0.2) is 0 Å². The molecular weight excluding hydrogens is 348 g/mol. The lowest BCUT2D eigenvalue weighted by molar-refractivity contribution is -0.384. The number of halogens is 1. The van der Waals surface area contributed by atoms with Crippen LogP contribution in [0.3, 0.4) is 0 Å². The summed E-state index contributed by atoms with van der Waals surface area (Å²) in [5.41, 5.74) is 0.697. The first-order chi connectivity index (χ1) is 12.0. The standard InChI is InChI=1S/C17H15ClN2O5/c1-10(11-3-5-15-16(9-11)25-7-6-24-15)19-17(21)12-2-4-13(18)14(8-12)20(22)23/h2-5,8-10H,6-7H2,1H3,(H,19,21)/t10-/m0/s1. The number of ether oxygens (including phenoxy) is 2. The smallest absolute Gasteiger partial charge is 0.288 e. The fourth-order valence-electron chi connectivity index (χ4n) is 2.49. The zero-order chi connectivity index (χ0) is 18.0. The Morgan fingerprint density at radius 3 is 2.64 bits per heavy atom. The Kier molecular flexibility index (Phi) is 4.76. The Hall–Kier alpha value is -2.80. The van der Waals surface area contributed by atoms with E-state index in [0.717, 1.165) is 11.6 Å². The maximum Gasteiger partial charge on any atom is 0.288 e. The third-order valence-corrected chi connectivity index (χ3v) is 4.14. The van der Waals surface area contributed by atoms with E-state index >= 15 is 0 Å².